The predicted octanol–water partition coefficient (Wildman–Crippen LogP) is 4.96. The number of alkyl halides is 3. The van der Waals surface area contributed by atoms with Crippen molar-refractivity contribution in [1.29, 1.82) is 0 Å². The molecule has 1 aliphatic heterocycles. The molecule has 1 heterocycles. The maximum atomic E-state index is 13.0. The van der Waals surface area contributed by atoms with Gasteiger partial charge in [0.25, 0.3) is 5.91 Å². The molecule has 0 unspecified atom stereocenters. The van der Waals surface area contributed by atoms with E-state index in [9.17, 15) is 22.8 Å². The third-order valence-electron chi connectivity index (χ3n) is 6.99. The van der Waals surface area contributed by atoms with Crippen LogP contribution in [0.4, 0.5) is 18.9 Å². The Balaban J connectivity index is 1.56. The summed E-state index contributed by atoms with van der Waals surface area (Å²) >= 11 is 0. The number of nitrogens with zero attached hydrogens (tertiary/aromatic N) is 2. The molecule has 0 spiro atoms. The summed E-state index contributed by atoms with van der Waals surface area (Å²) in [6.45, 7) is 1.53. The van der Waals surface area contributed by atoms with Crippen LogP contribution in [0.5, 0.6) is 17.2 Å². The van der Waals surface area contributed by atoms with Gasteiger partial charge in [-0.2, -0.15) is 0 Å². The molecule has 0 aromatic heterocycles. The van der Waals surface area contributed by atoms with Gasteiger partial charge in [0.2, 0.25) is 0 Å². The Morgan fingerprint density at radius 3 is 2.20 bits per heavy atom. The van der Waals surface area contributed by atoms with Crippen LogP contribution >= 0.6 is 0 Å². The van der Waals surface area contributed by atoms with Crippen LogP contribution in [0.3, 0.4) is 0 Å². The zero-order valence-corrected chi connectivity index (χ0v) is 23.8. The van der Waals surface area contributed by atoms with Crippen molar-refractivity contribution in [3.63, 3.8) is 0 Å². The van der Waals surface area contributed by atoms with E-state index in [1.807, 2.05) is 6.07 Å². The largest absolute Gasteiger partial charge is 0.573 e. The minimum absolute atomic E-state index is 0.0393. The molecule has 1 fully saturated rings. The van der Waals surface area contributed by atoms with Gasteiger partial charge in [0, 0.05) is 29.9 Å². The Kier molecular flexibility index (Phi) is 10.7. The summed E-state index contributed by atoms with van der Waals surface area (Å²) in [6, 6.07) is 16.0. The molecule has 0 bridgehead atoms. The number of carbonyl (C=O) groups excluding carboxylic acids is 1. The molecule has 234 valence electrons. The molecule has 3 aromatic rings. The number of carbonyl (C=O) groups is 2. The lowest BCUT2D eigenvalue weighted by Gasteiger charge is -2.26. The summed E-state index contributed by atoms with van der Waals surface area (Å²) in [5.74, 6) is -2.18. The van der Waals surface area contributed by atoms with Crippen LogP contribution in [-0.2, 0) is 17.8 Å². The number of benzene rings is 3. The average molecular weight is 614 g/mol. The molecule has 1 saturated heterocycles. The van der Waals surface area contributed by atoms with E-state index in [1.54, 1.807) is 24.3 Å². The quantitative estimate of drug-likeness (QED) is 0.185. The third kappa shape index (κ3) is 9.11. The Hall–Kier alpha value is -4.78. The SMILES string of the molecule is NC(=NCc1c(Oc2ccccc2OC(F)(F)F)cccc1N1CCCCCC1)NC(=O)c1ccc(C[C@H](N)C(=O)O)cc1. The lowest BCUT2D eigenvalue weighted by molar-refractivity contribution is -0.275. The second-order valence-corrected chi connectivity index (χ2v) is 10.3. The molecule has 10 nitrogen and oxygen atoms in total. The number of aliphatic carboxylic acids is 1. The number of nitrogens with two attached hydrogens (primary N) is 2. The number of aliphatic imine (C=N–C) groups is 1. The lowest BCUT2D eigenvalue weighted by atomic mass is 10.0. The summed E-state index contributed by atoms with van der Waals surface area (Å²) < 4.78 is 49.3. The van der Waals surface area contributed by atoms with E-state index in [1.165, 1.54) is 36.4 Å². The van der Waals surface area contributed by atoms with Crippen molar-refractivity contribution in [2.24, 2.45) is 16.5 Å². The number of hydrogen-bond acceptors (Lipinski definition) is 7. The summed E-state index contributed by atoms with van der Waals surface area (Å²) in [7, 11) is 0. The molecular weight excluding hydrogens is 579 g/mol. The van der Waals surface area contributed by atoms with E-state index in [2.05, 4.69) is 19.9 Å². The van der Waals surface area contributed by atoms with Crippen molar-refractivity contribution in [2.45, 2.75) is 51.1 Å². The highest BCUT2D eigenvalue weighted by Gasteiger charge is 2.32. The van der Waals surface area contributed by atoms with E-state index < -0.39 is 30.0 Å². The zero-order chi connectivity index (χ0) is 31.7. The van der Waals surface area contributed by atoms with Crippen molar-refractivity contribution in [3.8, 4) is 17.2 Å². The average Bonchev–Trinajstić information content (AvgIpc) is 3.26. The first kappa shape index (κ1) is 32.1. The number of amides is 1. The Bertz CT molecular complexity index is 1470. The first-order valence-corrected chi connectivity index (χ1v) is 14.1. The van der Waals surface area contributed by atoms with Crippen LogP contribution in [0.15, 0.2) is 71.7 Å². The van der Waals surface area contributed by atoms with Crippen molar-refractivity contribution >= 4 is 23.5 Å². The van der Waals surface area contributed by atoms with Crippen molar-refractivity contribution < 1.29 is 37.3 Å². The van der Waals surface area contributed by atoms with E-state index in [0.717, 1.165) is 44.5 Å². The van der Waals surface area contributed by atoms with Gasteiger partial charge in [0.15, 0.2) is 17.5 Å². The van der Waals surface area contributed by atoms with Gasteiger partial charge in [-0.25, -0.2) is 4.99 Å². The van der Waals surface area contributed by atoms with Crippen molar-refractivity contribution in [1.82, 2.24) is 5.32 Å². The highest BCUT2D eigenvalue weighted by molar-refractivity contribution is 6.05. The lowest BCUT2D eigenvalue weighted by Crippen LogP contribution is -2.37. The van der Waals surface area contributed by atoms with Gasteiger partial charge in [-0.05, 0) is 61.2 Å². The fourth-order valence-corrected chi connectivity index (χ4v) is 4.80. The zero-order valence-electron chi connectivity index (χ0n) is 23.8. The molecule has 6 N–H and O–H groups in total. The van der Waals surface area contributed by atoms with Gasteiger partial charge in [-0.3, -0.25) is 14.9 Å². The number of hydrogen-bond donors (Lipinski definition) is 4. The minimum Gasteiger partial charge on any atom is -0.480 e. The Labute approximate surface area is 252 Å². The van der Waals surface area contributed by atoms with Crippen molar-refractivity contribution in [3.05, 3.63) is 83.4 Å². The number of rotatable bonds is 10. The molecule has 4 rings (SSSR count). The summed E-state index contributed by atoms with van der Waals surface area (Å²) in [4.78, 5) is 30.3. The number of guanidine groups is 1. The molecule has 1 aliphatic rings. The minimum atomic E-state index is -4.90. The molecule has 44 heavy (non-hydrogen) atoms. The monoisotopic (exact) mass is 613 g/mol. The molecule has 13 heteroatoms. The number of halogens is 3. The molecule has 1 atom stereocenters. The van der Waals surface area contributed by atoms with Crippen LogP contribution in [-0.4, -0.2) is 48.4 Å². The number of nitrogens with one attached hydrogen (secondary N) is 1. The van der Waals surface area contributed by atoms with Crippen molar-refractivity contribution in [2.75, 3.05) is 18.0 Å². The predicted molar refractivity (Wildman–Crippen MR) is 159 cm³/mol. The van der Waals surface area contributed by atoms with Gasteiger partial charge in [0.05, 0.1) is 6.54 Å². The van der Waals surface area contributed by atoms with Gasteiger partial charge in [-0.1, -0.05) is 43.2 Å². The highest BCUT2D eigenvalue weighted by Crippen LogP contribution is 2.39. The number of anilines is 1. The van der Waals surface area contributed by atoms with Gasteiger partial charge < -0.3 is 30.9 Å². The molecular formula is C31H34F3N5O5. The van der Waals surface area contributed by atoms with Crippen LogP contribution in [0.1, 0.15) is 47.2 Å². The Morgan fingerprint density at radius 2 is 1.57 bits per heavy atom. The van der Waals surface area contributed by atoms with E-state index in [4.69, 9.17) is 21.3 Å². The maximum absolute atomic E-state index is 13.0. The van der Waals surface area contributed by atoms with Gasteiger partial charge in [0.1, 0.15) is 11.8 Å². The third-order valence-corrected chi connectivity index (χ3v) is 6.99. The van der Waals surface area contributed by atoms with Crippen LogP contribution < -0.4 is 31.2 Å². The number of ether oxygens (including phenoxy) is 2. The second-order valence-electron chi connectivity index (χ2n) is 10.3. The smallest absolute Gasteiger partial charge is 0.480 e. The summed E-state index contributed by atoms with van der Waals surface area (Å²) in [6.07, 6.45) is -0.652. The normalized spacial score (nSPS) is 14.8. The van der Waals surface area contributed by atoms with E-state index in [0.29, 0.717) is 11.1 Å². The van der Waals surface area contributed by atoms with Gasteiger partial charge in [-0.15, -0.1) is 13.2 Å². The van der Waals surface area contributed by atoms with E-state index >= 15 is 0 Å². The fraction of sp³-hybridized carbons (Fsp3) is 0.323. The Morgan fingerprint density at radius 1 is 0.932 bits per heavy atom. The summed E-state index contributed by atoms with van der Waals surface area (Å²) in [5, 5.41) is 11.5. The molecule has 1 amide bonds. The second kappa shape index (κ2) is 14.6. The maximum Gasteiger partial charge on any atom is 0.573 e. The molecule has 0 aliphatic carbocycles. The molecule has 0 radical (unpaired) electrons. The number of carboxylic acids is 1. The summed E-state index contributed by atoms with van der Waals surface area (Å²) in [5.41, 5.74) is 13.9. The fourth-order valence-electron chi connectivity index (χ4n) is 4.80. The first-order valence-electron chi connectivity index (χ1n) is 14.1. The van der Waals surface area contributed by atoms with E-state index in [-0.39, 0.29) is 36.0 Å². The van der Waals surface area contributed by atoms with Crippen LogP contribution in [0.25, 0.3) is 0 Å². The molecule has 3 aromatic carbocycles. The molecule has 0 saturated carbocycles. The highest BCUT2D eigenvalue weighted by atomic mass is 19.4. The van der Waals surface area contributed by atoms with Crippen LogP contribution in [0, 0.1) is 0 Å². The van der Waals surface area contributed by atoms with Crippen LogP contribution in [0.2, 0.25) is 0 Å². The number of carboxylic acid groups (broad SMARTS) is 1. The first-order chi connectivity index (χ1) is 21.0. The number of para-hydroxylation sites is 2. The standard InChI is InChI=1S/C31H34F3N5O5/c32-31(33,34)44-27-10-4-3-9-26(27)43-25-11-7-8-24(39-16-5-1-2-6-17-39)22(25)19-37-30(36)38-28(40)21-14-12-20(13-15-21)18-23(35)29(41)42/h3-4,7-15,23H,1-2,5-6,16-19,35H2,(H,41,42)(H3,36,37,38,40)/t23-/m0/s1. The van der Waals surface area contributed by atoms with Gasteiger partial charge >= 0.3 is 12.3 Å². The topological polar surface area (TPSA) is 152 Å².